The van der Waals surface area contributed by atoms with Crippen LogP contribution in [0.3, 0.4) is 0 Å². The van der Waals surface area contributed by atoms with Crippen molar-refractivity contribution in [3.8, 4) is 22.8 Å². The third-order valence-corrected chi connectivity index (χ3v) is 2.80. The van der Waals surface area contributed by atoms with Gasteiger partial charge in [0.1, 0.15) is 11.0 Å². The lowest BCUT2D eigenvalue weighted by Crippen LogP contribution is -1.84. The Morgan fingerprint density at radius 3 is 2.84 bits per heavy atom. The number of nitrogens with zero attached hydrogens (tertiary/aromatic N) is 3. The minimum absolute atomic E-state index is 0.248. The molecule has 0 unspecified atom stereocenters. The van der Waals surface area contributed by atoms with E-state index in [9.17, 15) is 4.39 Å². The van der Waals surface area contributed by atoms with Gasteiger partial charge in [0.05, 0.1) is 5.56 Å². The predicted octanol–water partition coefficient (Wildman–Crippen LogP) is 3.59. The molecule has 0 aliphatic rings. The molecule has 0 saturated heterocycles. The van der Waals surface area contributed by atoms with Crippen LogP contribution >= 0.6 is 11.6 Å². The Kier molecular flexibility index (Phi) is 2.97. The van der Waals surface area contributed by atoms with Gasteiger partial charge in [0, 0.05) is 11.8 Å². The highest BCUT2D eigenvalue weighted by Crippen LogP contribution is 2.26. The van der Waals surface area contributed by atoms with E-state index in [1.54, 1.807) is 30.5 Å². The zero-order valence-electron chi connectivity index (χ0n) is 9.55. The summed E-state index contributed by atoms with van der Waals surface area (Å²) in [6.45, 7) is 0. The summed E-state index contributed by atoms with van der Waals surface area (Å²) < 4.78 is 18.2. The molecule has 0 radical (unpaired) electrons. The van der Waals surface area contributed by atoms with Gasteiger partial charge in [-0.1, -0.05) is 28.9 Å². The molecule has 1 aromatic carbocycles. The topological polar surface area (TPSA) is 51.8 Å². The fourth-order valence-corrected chi connectivity index (χ4v) is 1.82. The normalized spacial score (nSPS) is 10.6. The van der Waals surface area contributed by atoms with Crippen LogP contribution in [0.1, 0.15) is 0 Å². The predicted molar refractivity (Wildman–Crippen MR) is 67.9 cm³/mol. The molecule has 0 atom stereocenters. The van der Waals surface area contributed by atoms with Gasteiger partial charge in [-0.05, 0) is 24.3 Å². The summed E-state index contributed by atoms with van der Waals surface area (Å²) in [4.78, 5) is 8.11. The van der Waals surface area contributed by atoms with Crippen molar-refractivity contribution in [1.82, 2.24) is 15.1 Å². The molecule has 0 N–H and O–H groups in total. The monoisotopic (exact) mass is 275 g/mol. The summed E-state index contributed by atoms with van der Waals surface area (Å²) in [7, 11) is 0. The SMILES string of the molecule is Fc1cccc(-c2noc(-c3cccnc3Cl)n2)c1. The summed E-state index contributed by atoms with van der Waals surface area (Å²) >= 11 is 5.94. The number of rotatable bonds is 2. The lowest BCUT2D eigenvalue weighted by Gasteiger charge is -1.95. The van der Waals surface area contributed by atoms with E-state index in [1.807, 2.05) is 0 Å². The van der Waals surface area contributed by atoms with Crippen LogP contribution in [0.4, 0.5) is 4.39 Å². The second-order valence-corrected chi connectivity index (χ2v) is 4.13. The van der Waals surface area contributed by atoms with Gasteiger partial charge in [-0.25, -0.2) is 9.37 Å². The van der Waals surface area contributed by atoms with Crippen LogP contribution in [0.2, 0.25) is 5.15 Å². The number of benzene rings is 1. The summed E-state index contributed by atoms with van der Waals surface area (Å²) in [5.41, 5.74) is 1.08. The van der Waals surface area contributed by atoms with Crippen molar-refractivity contribution >= 4 is 11.6 Å². The molecule has 0 aliphatic carbocycles. The second-order valence-electron chi connectivity index (χ2n) is 3.78. The van der Waals surface area contributed by atoms with E-state index in [4.69, 9.17) is 16.1 Å². The minimum Gasteiger partial charge on any atom is -0.333 e. The van der Waals surface area contributed by atoms with Gasteiger partial charge in [-0.3, -0.25) is 0 Å². The molecule has 0 spiro atoms. The van der Waals surface area contributed by atoms with Crippen LogP contribution in [0.15, 0.2) is 47.1 Å². The Morgan fingerprint density at radius 2 is 2.05 bits per heavy atom. The first-order valence-electron chi connectivity index (χ1n) is 5.44. The number of halogens is 2. The van der Waals surface area contributed by atoms with E-state index in [0.717, 1.165) is 0 Å². The molecule has 2 aromatic heterocycles. The van der Waals surface area contributed by atoms with Crippen molar-refractivity contribution in [3.05, 3.63) is 53.6 Å². The standard InChI is InChI=1S/C13H7ClFN3O/c14-11-10(5-2-6-16-11)13-17-12(18-19-13)8-3-1-4-9(15)7-8/h1-7H. The summed E-state index contributed by atoms with van der Waals surface area (Å²) in [5, 5.41) is 4.08. The first-order chi connectivity index (χ1) is 9.24. The lowest BCUT2D eigenvalue weighted by atomic mass is 10.2. The van der Waals surface area contributed by atoms with Crippen LogP contribution in [-0.2, 0) is 0 Å². The van der Waals surface area contributed by atoms with Crippen LogP contribution in [0.25, 0.3) is 22.8 Å². The highest BCUT2D eigenvalue weighted by molar-refractivity contribution is 6.31. The van der Waals surface area contributed by atoms with Gasteiger partial charge in [0.15, 0.2) is 0 Å². The first-order valence-corrected chi connectivity index (χ1v) is 5.82. The van der Waals surface area contributed by atoms with Crippen LogP contribution < -0.4 is 0 Å². The largest absolute Gasteiger partial charge is 0.333 e. The molecule has 6 heteroatoms. The van der Waals surface area contributed by atoms with Crippen molar-refractivity contribution in [2.24, 2.45) is 0 Å². The molecular formula is C13H7ClFN3O. The van der Waals surface area contributed by atoms with Gasteiger partial charge < -0.3 is 4.52 Å². The highest BCUT2D eigenvalue weighted by atomic mass is 35.5. The maximum Gasteiger partial charge on any atom is 0.261 e. The van der Waals surface area contributed by atoms with Gasteiger partial charge in [-0.15, -0.1) is 0 Å². The molecule has 0 aliphatic heterocycles. The molecule has 0 fully saturated rings. The van der Waals surface area contributed by atoms with Crippen molar-refractivity contribution < 1.29 is 8.91 Å². The molecule has 0 saturated carbocycles. The van der Waals surface area contributed by atoms with Gasteiger partial charge in [-0.2, -0.15) is 4.98 Å². The highest BCUT2D eigenvalue weighted by Gasteiger charge is 2.13. The maximum atomic E-state index is 13.1. The Hall–Kier alpha value is -2.27. The quantitative estimate of drug-likeness (QED) is 0.671. The fraction of sp³-hybridized carbons (Fsp3) is 0. The van der Waals surface area contributed by atoms with E-state index >= 15 is 0 Å². The Labute approximate surface area is 112 Å². The molecule has 3 aromatic rings. The first kappa shape index (κ1) is 11.8. The Balaban J connectivity index is 2.03. The van der Waals surface area contributed by atoms with Gasteiger partial charge in [0.2, 0.25) is 5.82 Å². The molecule has 0 amide bonds. The van der Waals surface area contributed by atoms with Crippen molar-refractivity contribution in [3.63, 3.8) is 0 Å². The number of hydrogen-bond donors (Lipinski definition) is 0. The Morgan fingerprint density at radius 1 is 1.16 bits per heavy atom. The third-order valence-electron chi connectivity index (χ3n) is 2.50. The zero-order chi connectivity index (χ0) is 13.2. The molecular weight excluding hydrogens is 269 g/mol. The zero-order valence-corrected chi connectivity index (χ0v) is 10.3. The average Bonchev–Trinajstić information content (AvgIpc) is 2.89. The van der Waals surface area contributed by atoms with Crippen molar-refractivity contribution in [2.45, 2.75) is 0 Å². The molecule has 0 bridgehead atoms. The average molecular weight is 276 g/mol. The molecule has 94 valence electrons. The molecule has 4 nitrogen and oxygen atoms in total. The number of pyridine rings is 1. The van der Waals surface area contributed by atoms with Crippen molar-refractivity contribution in [2.75, 3.05) is 0 Å². The molecule has 2 heterocycles. The Bertz CT molecular complexity index is 729. The smallest absolute Gasteiger partial charge is 0.261 e. The van der Waals surface area contributed by atoms with E-state index < -0.39 is 0 Å². The lowest BCUT2D eigenvalue weighted by molar-refractivity contribution is 0.432. The minimum atomic E-state index is -0.358. The van der Waals surface area contributed by atoms with Crippen molar-refractivity contribution in [1.29, 1.82) is 0 Å². The molecule has 3 rings (SSSR count). The van der Waals surface area contributed by atoms with Crippen LogP contribution in [-0.4, -0.2) is 15.1 Å². The van der Waals surface area contributed by atoms with E-state index in [2.05, 4.69) is 15.1 Å². The second kappa shape index (κ2) is 4.78. The van der Waals surface area contributed by atoms with Gasteiger partial charge in [0.25, 0.3) is 5.89 Å². The maximum absolute atomic E-state index is 13.1. The van der Waals surface area contributed by atoms with E-state index in [-0.39, 0.29) is 16.9 Å². The van der Waals surface area contributed by atoms with Gasteiger partial charge >= 0.3 is 0 Å². The van der Waals surface area contributed by atoms with Crippen LogP contribution in [0.5, 0.6) is 0 Å². The van der Waals surface area contributed by atoms with E-state index in [1.165, 1.54) is 12.1 Å². The van der Waals surface area contributed by atoms with Crippen LogP contribution in [0, 0.1) is 5.82 Å². The number of hydrogen-bond acceptors (Lipinski definition) is 4. The fourth-order valence-electron chi connectivity index (χ4n) is 1.62. The summed E-state index contributed by atoms with van der Waals surface area (Å²) in [6, 6.07) is 9.40. The molecule has 19 heavy (non-hydrogen) atoms. The number of aromatic nitrogens is 3. The third kappa shape index (κ3) is 2.32. The summed E-state index contributed by atoms with van der Waals surface area (Å²) in [5.74, 6) is 0.190. The van der Waals surface area contributed by atoms with E-state index in [0.29, 0.717) is 17.0 Å². The summed E-state index contributed by atoms with van der Waals surface area (Å²) in [6.07, 6.45) is 1.57.